The highest BCUT2D eigenvalue weighted by Gasteiger charge is 2.28. The molecule has 1 aromatic heterocycles. The average molecular weight is 245 g/mol. The van der Waals surface area contributed by atoms with Gasteiger partial charge >= 0.3 is 0 Å². The molecular formula is C12H17ClOS. The molecular weight excluding hydrogens is 228 g/mol. The van der Waals surface area contributed by atoms with E-state index in [0.717, 1.165) is 26.1 Å². The van der Waals surface area contributed by atoms with Gasteiger partial charge in [0.1, 0.15) is 0 Å². The summed E-state index contributed by atoms with van der Waals surface area (Å²) in [5, 5.41) is 4.57. The fourth-order valence-electron chi connectivity index (χ4n) is 2.22. The number of thiophene rings is 1. The third-order valence-electron chi connectivity index (χ3n) is 3.18. The Balaban J connectivity index is 1.91. The molecule has 15 heavy (non-hydrogen) atoms. The maximum Gasteiger partial charge on any atom is 0.0494 e. The smallest absolute Gasteiger partial charge is 0.0494 e. The molecule has 0 amide bonds. The SMILES string of the molecule is CC1COCCC1C(Cl)Cc1ccsc1. The molecule has 1 fully saturated rings. The van der Waals surface area contributed by atoms with Gasteiger partial charge in [0.25, 0.3) is 0 Å². The first-order valence-corrected chi connectivity index (χ1v) is 6.88. The van der Waals surface area contributed by atoms with Crippen molar-refractivity contribution in [3.8, 4) is 0 Å². The number of alkyl halides is 1. The van der Waals surface area contributed by atoms with Crippen molar-refractivity contribution in [2.24, 2.45) is 11.8 Å². The second-order valence-corrected chi connectivity index (χ2v) is 5.70. The minimum Gasteiger partial charge on any atom is -0.381 e. The minimum atomic E-state index is 0.262. The summed E-state index contributed by atoms with van der Waals surface area (Å²) in [7, 11) is 0. The predicted octanol–water partition coefficient (Wildman–Crippen LogP) is 3.57. The van der Waals surface area contributed by atoms with Crippen LogP contribution in [0.3, 0.4) is 0 Å². The van der Waals surface area contributed by atoms with E-state index in [1.165, 1.54) is 5.56 Å². The largest absolute Gasteiger partial charge is 0.381 e. The summed E-state index contributed by atoms with van der Waals surface area (Å²) in [6, 6.07) is 2.17. The van der Waals surface area contributed by atoms with E-state index < -0.39 is 0 Å². The lowest BCUT2D eigenvalue weighted by molar-refractivity contribution is 0.0230. The van der Waals surface area contributed by atoms with Gasteiger partial charge in [-0.25, -0.2) is 0 Å². The van der Waals surface area contributed by atoms with Crippen LogP contribution < -0.4 is 0 Å². The lowest BCUT2D eigenvalue weighted by Gasteiger charge is -2.32. The van der Waals surface area contributed by atoms with Gasteiger partial charge in [-0.1, -0.05) is 6.92 Å². The fraction of sp³-hybridized carbons (Fsp3) is 0.667. The summed E-state index contributed by atoms with van der Waals surface area (Å²) in [5.74, 6) is 1.21. The Bertz CT molecular complexity index is 286. The highest BCUT2D eigenvalue weighted by molar-refractivity contribution is 7.07. The van der Waals surface area contributed by atoms with Crippen LogP contribution >= 0.6 is 22.9 Å². The molecule has 1 aliphatic heterocycles. The van der Waals surface area contributed by atoms with Crippen molar-refractivity contribution in [2.75, 3.05) is 13.2 Å². The molecule has 2 rings (SSSR count). The lowest BCUT2D eigenvalue weighted by atomic mass is 9.85. The third kappa shape index (κ3) is 2.96. The molecule has 3 atom stereocenters. The van der Waals surface area contributed by atoms with Gasteiger partial charge in [0.15, 0.2) is 0 Å². The maximum atomic E-state index is 6.50. The Morgan fingerprint density at radius 2 is 2.53 bits per heavy atom. The van der Waals surface area contributed by atoms with Crippen LogP contribution in [-0.4, -0.2) is 18.6 Å². The Morgan fingerprint density at radius 1 is 1.67 bits per heavy atom. The van der Waals surface area contributed by atoms with E-state index >= 15 is 0 Å². The minimum absolute atomic E-state index is 0.262. The molecule has 1 saturated heterocycles. The van der Waals surface area contributed by atoms with Gasteiger partial charge in [0, 0.05) is 18.6 Å². The van der Waals surface area contributed by atoms with E-state index in [4.69, 9.17) is 16.3 Å². The van der Waals surface area contributed by atoms with E-state index in [1.807, 2.05) is 0 Å². The molecule has 0 aliphatic carbocycles. The predicted molar refractivity (Wildman–Crippen MR) is 65.8 cm³/mol. The molecule has 0 N–H and O–H groups in total. The van der Waals surface area contributed by atoms with Crippen molar-refractivity contribution in [2.45, 2.75) is 25.1 Å². The zero-order chi connectivity index (χ0) is 10.7. The summed E-state index contributed by atoms with van der Waals surface area (Å²) in [6.45, 7) is 3.99. The summed E-state index contributed by atoms with van der Waals surface area (Å²) in [6.07, 6.45) is 2.11. The van der Waals surface area contributed by atoms with E-state index in [0.29, 0.717) is 11.8 Å². The molecule has 0 spiro atoms. The lowest BCUT2D eigenvalue weighted by Crippen LogP contribution is -2.32. The molecule has 0 aromatic carbocycles. The van der Waals surface area contributed by atoms with Crippen LogP contribution in [0.15, 0.2) is 16.8 Å². The Labute approximate surface area is 100 Å². The molecule has 1 nitrogen and oxygen atoms in total. The van der Waals surface area contributed by atoms with Crippen LogP contribution in [0.2, 0.25) is 0 Å². The monoisotopic (exact) mass is 244 g/mol. The first-order valence-electron chi connectivity index (χ1n) is 5.50. The molecule has 84 valence electrons. The first-order chi connectivity index (χ1) is 7.27. The van der Waals surface area contributed by atoms with Gasteiger partial charge < -0.3 is 4.74 Å². The van der Waals surface area contributed by atoms with Gasteiger partial charge in [-0.2, -0.15) is 11.3 Å². The normalized spacial score (nSPS) is 28.9. The summed E-state index contributed by atoms with van der Waals surface area (Å²) < 4.78 is 5.44. The first kappa shape index (κ1) is 11.4. The number of halogens is 1. The van der Waals surface area contributed by atoms with Crippen LogP contribution in [0.5, 0.6) is 0 Å². The number of hydrogen-bond donors (Lipinski definition) is 0. The zero-order valence-electron chi connectivity index (χ0n) is 8.99. The number of hydrogen-bond acceptors (Lipinski definition) is 2. The topological polar surface area (TPSA) is 9.23 Å². The van der Waals surface area contributed by atoms with E-state index in [9.17, 15) is 0 Å². The van der Waals surface area contributed by atoms with Crippen molar-refractivity contribution in [3.63, 3.8) is 0 Å². The molecule has 2 heterocycles. The van der Waals surface area contributed by atoms with Crippen LogP contribution in [0.25, 0.3) is 0 Å². The second kappa shape index (κ2) is 5.33. The third-order valence-corrected chi connectivity index (χ3v) is 4.39. The van der Waals surface area contributed by atoms with Crippen molar-refractivity contribution >= 4 is 22.9 Å². The van der Waals surface area contributed by atoms with Gasteiger partial charge in [-0.3, -0.25) is 0 Å². The van der Waals surface area contributed by atoms with Crippen LogP contribution in [-0.2, 0) is 11.2 Å². The van der Waals surface area contributed by atoms with Crippen LogP contribution in [0.1, 0.15) is 18.9 Å². The molecule has 1 aliphatic rings. The number of ether oxygens (including phenoxy) is 1. The highest BCUT2D eigenvalue weighted by atomic mass is 35.5. The van der Waals surface area contributed by atoms with Gasteiger partial charge in [-0.15, -0.1) is 11.6 Å². The van der Waals surface area contributed by atoms with Crippen LogP contribution in [0, 0.1) is 11.8 Å². The van der Waals surface area contributed by atoms with E-state index in [1.54, 1.807) is 11.3 Å². The average Bonchev–Trinajstić information content (AvgIpc) is 2.71. The quantitative estimate of drug-likeness (QED) is 0.739. The maximum absolute atomic E-state index is 6.50. The number of rotatable bonds is 3. The molecule has 3 unspecified atom stereocenters. The van der Waals surface area contributed by atoms with Crippen molar-refractivity contribution < 1.29 is 4.74 Å². The summed E-state index contributed by atoms with van der Waals surface area (Å²) >= 11 is 8.24. The summed E-state index contributed by atoms with van der Waals surface area (Å²) in [4.78, 5) is 0. The molecule has 0 saturated carbocycles. The van der Waals surface area contributed by atoms with Crippen molar-refractivity contribution in [3.05, 3.63) is 22.4 Å². The van der Waals surface area contributed by atoms with E-state index in [2.05, 4.69) is 23.8 Å². The fourth-order valence-corrected chi connectivity index (χ4v) is 3.45. The molecule has 1 aromatic rings. The van der Waals surface area contributed by atoms with Gasteiger partial charge in [0.2, 0.25) is 0 Å². The Hall–Kier alpha value is -0.0500. The van der Waals surface area contributed by atoms with Crippen molar-refractivity contribution in [1.82, 2.24) is 0 Å². The Morgan fingerprint density at radius 3 is 3.20 bits per heavy atom. The molecule has 3 heteroatoms. The second-order valence-electron chi connectivity index (χ2n) is 4.36. The Kier molecular flexibility index (Phi) is 4.06. The zero-order valence-corrected chi connectivity index (χ0v) is 10.6. The molecule has 0 bridgehead atoms. The van der Waals surface area contributed by atoms with Crippen LogP contribution in [0.4, 0.5) is 0 Å². The van der Waals surface area contributed by atoms with Gasteiger partial charge in [-0.05, 0) is 47.1 Å². The standard InChI is InChI=1S/C12H17ClOS/c1-9-7-14-4-2-11(9)12(13)6-10-3-5-15-8-10/h3,5,8-9,11-12H,2,4,6-7H2,1H3. The molecule has 0 radical (unpaired) electrons. The highest BCUT2D eigenvalue weighted by Crippen LogP contribution is 2.30. The summed E-state index contributed by atoms with van der Waals surface area (Å²) in [5.41, 5.74) is 1.37. The van der Waals surface area contributed by atoms with Gasteiger partial charge in [0.05, 0.1) is 0 Å². The van der Waals surface area contributed by atoms with Crippen molar-refractivity contribution in [1.29, 1.82) is 0 Å². The van der Waals surface area contributed by atoms with E-state index in [-0.39, 0.29) is 5.38 Å².